The average Bonchev–Trinajstić information content (AvgIpc) is 3.52. The molecule has 0 fully saturated rings. The molecule has 1 aromatic heterocycles. The van der Waals surface area contributed by atoms with E-state index in [1.54, 1.807) is 0 Å². The molecule has 0 aliphatic rings. The van der Waals surface area contributed by atoms with Crippen molar-refractivity contribution in [2.45, 2.75) is 26.2 Å². The van der Waals surface area contributed by atoms with Crippen LogP contribution >= 0.6 is 0 Å². The van der Waals surface area contributed by atoms with Gasteiger partial charge in [-0.05, 0) is 113 Å². The van der Waals surface area contributed by atoms with Crippen molar-refractivity contribution in [1.82, 2.24) is 0 Å². The molecule has 1 nitrogen and oxygen atoms in total. The molecule has 0 spiro atoms. The summed E-state index contributed by atoms with van der Waals surface area (Å²) in [5.41, 5.74) is 13.0. The van der Waals surface area contributed by atoms with Gasteiger partial charge in [0.25, 0.3) is 0 Å². The van der Waals surface area contributed by atoms with E-state index in [-0.39, 0.29) is 5.41 Å². The van der Waals surface area contributed by atoms with Crippen LogP contribution in [-0.2, 0) is 5.41 Å². The first-order chi connectivity index (χ1) is 23.9. The summed E-state index contributed by atoms with van der Waals surface area (Å²) < 4.78 is 6.12. The highest BCUT2D eigenvalue weighted by atomic mass is 16.3. The van der Waals surface area contributed by atoms with Gasteiger partial charge in [-0.3, -0.25) is 0 Å². The van der Waals surface area contributed by atoms with Gasteiger partial charge in [-0.1, -0.05) is 148 Å². The lowest BCUT2D eigenvalue weighted by atomic mass is 9.81. The number of fused-ring (bicyclic) bond motifs is 5. The molecule has 0 atom stereocenters. The van der Waals surface area contributed by atoms with Crippen LogP contribution in [0, 0.1) is 0 Å². The van der Waals surface area contributed by atoms with Gasteiger partial charge in [-0.15, -0.1) is 0 Å². The van der Waals surface area contributed by atoms with Crippen LogP contribution in [-0.4, -0.2) is 0 Å². The Bertz CT molecular complexity index is 2670. The van der Waals surface area contributed by atoms with Crippen molar-refractivity contribution in [3.63, 3.8) is 0 Å². The van der Waals surface area contributed by atoms with Gasteiger partial charge in [0.1, 0.15) is 11.2 Å². The summed E-state index contributed by atoms with van der Waals surface area (Å²) in [6.07, 6.45) is 0. The van der Waals surface area contributed by atoms with Gasteiger partial charge in [-0.2, -0.15) is 0 Å². The first-order valence-electron chi connectivity index (χ1n) is 17.1. The van der Waals surface area contributed by atoms with Crippen LogP contribution in [0.1, 0.15) is 26.3 Å². The molecular weight excluding hydrogens is 593 g/mol. The van der Waals surface area contributed by atoms with Crippen LogP contribution in [0.25, 0.3) is 88.0 Å². The fraction of sp³-hybridized carbons (Fsp3) is 0.0833. The number of para-hydroxylation sites is 1. The molecule has 1 heteroatoms. The number of hydrogen-bond acceptors (Lipinski definition) is 1. The predicted octanol–water partition coefficient (Wildman–Crippen LogP) is 13.9. The molecule has 9 rings (SSSR count). The first-order valence-corrected chi connectivity index (χ1v) is 17.1. The minimum atomic E-state index is 0.0358. The Hall–Kier alpha value is -5.92. The van der Waals surface area contributed by atoms with Gasteiger partial charge in [0.15, 0.2) is 0 Å². The Morgan fingerprint density at radius 3 is 1.47 bits per heavy atom. The highest BCUT2D eigenvalue weighted by Crippen LogP contribution is 2.46. The summed E-state index contributed by atoms with van der Waals surface area (Å²) in [5, 5.41) is 7.39. The van der Waals surface area contributed by atoms with E-state index in [2.05, 4.69) is 172 Å². The zero-order valence-corrected chi connectivity index (χ0v) is 28.0. The number of rotatable bonds is 4. The normalized spacial score (nSPS) is 12.0. The summed E-state index contributed by atoms with van der Waals surface area (Å²) in [7, 11) is 0. The van der Waals surface area contributed by atoms with Crippen molar-refractivity contribution < 1.29 is 4.42 Å². The SMILES string of the molecule is CC(C)(C)c1ccc2c(-c3ccccc3)c3cc(-c4cccc(-c5ccc6oc7ccccc7c6c5)c4)ccc3c(-c3ccccc3)c2c1. The lowest BCUT2D eigenvalue weighted by Gasteiger charge is -2.23. The number of hydrogen-bond donors (Lipinski definition) is 0. The third kappa shape index (κ3) is 5.02. The Labute approximate surface area is 287 Å². The van der Waals surface area contributed by atoms with Gasteiger partial charge in [0, 0.05) is 10.8 Å². The van der Waals surface area contributed by atoms with Crippen LogP contribution in [0.5, 0.6) is 0 Å². The zero-order valence-electron chi connectivity index (χ0n) is 28.0. The highest BCUT2D eigenvalue weighted by Gasteiger charge is 2.21. The van der Waals surface area contributed by atoms with Gasteiger partial charge < -0.3 is 4.42 Å². The van der Waals surface area contributed by atoms with E-state index < -0.39 is 0 Å². The van der Waals surface area contributed by atoms with Gasteiger partial charge >= 0.3 is 0 Å². The lowest BCUT2D eigenvalue weighted by Crippen LogP contribution is -2.10. The summed E-state index contributed by atoms with van der Waals surface area (Å²) in [5.74, 6) is 0. The molecule has 0 saturated heterocycles. The second kappa shape index (κ2) is 11.4. The van der Waals surface area contributed by atoms with E-state index in [1.807, 2.05) is 12.1 Å². The molecule has 0 amide bonds. The van der Waals surface area contributed by atoms with E-state index in [1.165, 1.54) is 71.6 Å². The van der Waals surface area contributed by atoms with Crippen molar-refractivity contribution in [3.05, 3.63) is 169 Å². The van der Waals surface area contributed by atoms with Gasteiger partial charge in [0.2, 0.25) is 0 Å². The number of furan rings is 1. The number of benzene rings is 8. The third-order valence-corrected chi connectivity index (χ3v) is 10.0. The van der Waals surface area contributed by atoms with Crippen LogP contribution in [0.2, 0.25) is 0 Å². The molecular formula is C48H36O. The Balaban J connectivity index is 1.28. The van der Waals surface area contributed by atoms with E-state index in [9.17, 15) is 0 Å². The molecule has 0 unspecified atom stereocenters. The molecule has 0 aliphatic heterocycles. The molecule has 49 heavy (non-hydrogen) atoms. The van der Waals surface area contributed by atoms with E-state index in [4.69, 9.17) is 4.42 Å². The summed E-state index contributed by atoms with van der Waals surface area (Å²) in [6, 6.07) is 59.7. The third-order valence-electron chi connectivity index (χ3n) is 10.0. The van der Waals surface area contributed by atoms with Crippen molar-refractivity contribution >= 4 is 43.5 Å². The van der Waals surface area contributed by atoms with E-state index >= 15 is 0 Å². The monoisotopic (exact) mass is 628 g/mol. The smallest absolute Gasteiger partial charge is 0.135 e. The Morgan fingerprint density at radius 2 is 0.816 bits per heavy atom. The fourth-order valence-corrected chi connectivity index (χ4v) is 7.49. The zero-order chi connectivity index (χ0) is 33.1. The van der Waals surface area contributed by atoms with Gasteiger partial charge in [-0.25, -0.2) is 0 Å². The summed E-state index contributed by atoms with van der Waals surface area (Å²) in [6.45, 7) is 6.89. The topological polar surface area (TPSA) is 13.1 Å². The largest absolute Gasteiger partial charge is 0.456 e. The molecule has 0 N–H and O–H groups in total. The second-order valence-corrected chi connectivity index (χ2v) is 14.1. The maximum atomic E-state index is 6.12. The second-order valence-electron chi connectivity index (χ2n) is 14.1. The van der Waals surface area contributed by atoms with E-state index in [0.29, 0.717) is 0 Å². The predicted molar refractivity (Wildman–Crippen MR) is 209 cm³/mol. The molecule has 0 radical (unpaired) electrons. The van der Waals surface area contributed by atoms with Crippen molar-refractivity contribution in [2.24, 2.45) is 0 Å². The molecule has 0 saturated carbocycles. The average molecular weight is 629 g/mol. The van der Waals surface area contributed by atoms with Gasteiger partial charge in [0.05, 0.1) is 0 Å². The van der Waals surface area contributed by atoms with Crippen LogP contribution in [0.15, 0.2) is 168 Å². The van der Waals surface area contributed by atoms with Crippen LogP contribution in [0.3, 0.4) is 0 Å². The molecule has 8 aromatic carbocycles. The summed E-state index contributed by atoms with van der Waals surface area (Å²) in [4.78, 5) is 0. The summed E-state index contributed by atoms with van der Waals surface area (Å²) >= 11 is 0. The van der Waals surface area contributed by atoms with Crippen molar-refractivity contribution in [2.75, 3.05) is 0 Å². The maximum absolute atomic E-state index is 6.12. The minimum Gasteiger partial charge on any atom is -0.456 e. The van der Waals surface area contributed by atoms with E-state index in [0.717, 1.165) is 21.9 Å². The Kier molecular flexibility index (Phi) is 6.78. The highest BCUT2D eigenvalue weighted by molar-refractivity contribution is 6.22. The minimum absolute atomic E-state index is 0.0358. The standard InChI is InChI=1S/C48H36O/c1-48(2,3)37-23-25-40-43(30-37)47(32-15-8-5-9-16-32)39-24-21-35(29-42(39)46(40)31-13-6-4-7-14-31)33-17-12-18-34(27-33)36-22-26-45-41(28-36)38-19-10-11-20-44(38)49-45/h4-30H,1-3H3. The quantitative estimate of drug-likeness (QED) is 0.177. The van der Waals surface area contributed by atoms with Crippen LogP contribution in [0.4, 0.5) is 0 Å². The van der Waals surface area contributed by atoms with Crippen molar-refractivity contribution in [1.29, 1.82) is 0 Å². The van der Waals surface area contributed by atoms with Crippen molar-refractivity contribution in [3.8, 4) is 44.5 Å². The molecule has 0 aliphatic carbocycles. The fourth-order valence-electron chi connectivity index (χ4n) is 7.49. The maximum Gasteiger partial charge on any atom is 0.135 e. The molecule has 1 heterocycles. The Morgan fingerprint density at radius 1 is 0.327 bits per heavy atom. The van der Waals surface area contributed by atoms with Crippen LogP contribution < -0.4 is 0 Å². The lowest BCUT2D eigenvalue weighted by molar-refractivity contribution is 0.591. The molecule has 9 aromatic rings. The first kappa shape index (κ1) is 29.2. The molecule has 0 bridgehead atoms. The molecule has 234 valence electrons.